The highest BCUT2D eigenvalue weighted by atomic mass is 32.1. The maximum atomic E-state index is 13.1. The molecule has 24 heavy (non-hydrogen) atoms. The van der Waals surface area contributed by atoms with E-state index in [1.54, 1.807) is 11.3 Å². The van der Waals surface area contributed by atoms with E-state index in [1.807, 2.05) is 4.57 Å². The summed E-state index contributed by atoms with van der Waals surface area (Å²) in [5.41, 5.74) is 1.40. The zero-order valence-corrected chi connectivity index (χ0v) is 16.0. The summed E-state index contributed by atoms with van der Waals surface area (Å²) in [6.07, 6.45) is 5.57. The second kappa shape index (κ2) is 7.23. The molecule has 5 nitrogen and oxygen atoms in total. The van der Waals surface area contributed by atoms with E-state index in [2.05, 4.69) is 38.2 Å². The van der Waals surface area contributed by atoms with Crippen LogP contribution in [0.3, 0.4) is 0 Å². The van der Waals surface area contributed by atoms with Crippen LogP contribution in [0.4, 0.5) is 5.95 Å². The average Bonchev–Trinajstić information content (AvgIpc) is 2.89. The van der Waals surface area contributed by atoms with Crippen molar-refractivity contribution < 1.29 is 0 Å². The molecule has 0 bridgehead atoms. The topological polar surface area (TPSA) is 50.2 Å². The van der Waals surface area contributed by atoms with Crippen LogP contribution in [0.25, 0.3) is 10.2 Å². The third-order valence-corrected chi connectivity index (χ3v) is 5.79. The number of thiophene rings is 1. The Kier molecular flexibility index (Phi) is 5.25. The molecule has 0 spiro atoms. The molecule has 0 unspecified atom stereocenters. The minimum absolute atomic E-state index is 0.102. The Morgan fingerprint density at radius 2 is 2.04 bits per heavy atom. The summed E-state index contributed by atoms with van der Waals surface area (Å²) in [6.45, 7) is 5.96. The van der Waals surface area contributed by atoms with E-state index in [1.165, 1.54) is 23.3 Å². The van der Waals surface area contributed by atoms with Crippen LogP contribution in [-0.4, -0.2) is 41.6 Å². The lowest BCUT2D eigenvalue weighted by Gasteiger charge is -2.18. The molecule has 2 aromatic rings. The predicted molar refractivity (Wildman–Crippen MR) is 103 cm³/mol. The predicted octanol–water partition coefficient (Wildman–Crippen LogP) is 3.28. The standard InChI is InChI=1S/C18H28N4OS/c1-12(2)22-17(23)15-13-8-5-6-9-14(13)24-16(15)20-18(22)19-10-7-11-21(3)4/h12H,5-11H2,1-4H3,(H,19,20). The van der Waals surface area contributed by atoms with Gasteiger partial charge in [-0.15, -0.1) is 11.3 Å². The molecule has 0 amide bonds. The summed E-state index contributed by atoms with van der Waals surface area (Å²) in [5.74, 6) is 0.722. The van der Waals surface area contributed by atoms with Gasteiger partial charge in [0.05, 0.1) is 5.39 Å². The van der Waals surface area contributed by atoms with Gasteiger partial charge >= 0.3 is 0 Å². The lowest BCUT2D eigenvalue weighted by atomic mass is 9.97. The Labute approximate surface area is 147 Å². The minimum Gasteiger partial charge on any atom is -0.355 e. The average molecular weight is 349 g/mol. The number of rotatable bonds is 6. The first-order valence-corrected chi connectivity index (χ1v) is 9.76. The highest BCUT2D eigenvalue weighted by Gasteiger charge is 2.22. The Morgan fingerprint density at radius 1 is 1.29 bits per heavy atom. The second-order valence-corrected chi connectivity index (χ2v) is 8.26. The highest BCUT2D eigenvalue weighted by molar-refractivity contribution is 7.18. The van der Waals surface area contributed by atoms with Gasteiger partial charge in [-0.1, -0.05) is 0 Å². The van der Waals surface area contributed by atoms with Crippen molar-refractivity contribution >= 4 is 27.5 Å². The maximum Gasteiger partial charge on any atom is 0.264 e. The lowest BCUT2D eigenvalue weighted by molar-refractivity contribution is 0.404. The first-order chi connectivity index (χ1) is 11.5. The van der Waals surface area contributed by atoms with Gasteiger partial charge in [0, 0.05) is 17.5 Å². The fourth-order valence-electron chi connectivity index (χ4n) is 3.42. The van der Waals surface area contributed by atoms with Gasteiger partial charge in [0.15, 0.2) is 0 Å². The van der Waals surface area contributed by atoms with Gasteiger partial charge in [-0.3, -0.25) is 9.36 Å². The molecule has 0 atom stereocenters. The number of nitrogens with one attached hydrogen (secondary N) is 1. The van der Waals surface area contributed by atoms with Crippen LogP contribution in [0.15, 0.2) is 4.79 Å². The van der Waals surface area contributed by atoms with Crippen molar-refractivity contribution in [3.8, 4) is 0 Å². The molecule has 2 heterocycles. The van der Waals surface area contributed by atoms with Crippen LogP contribution < -0.4 is 10.9 Å². The maximum absolute atomic E-state index is 13.1. The molecular weight excluding hydrogens is 320 g/mol. The molecule has 132 valence electrons. The smallest absolute Gasteiger partial charge is 0.264 e. The molecule has 3 rings (SSSR count). The summed E-state index contributed by atoms with van der Waals surface area (Å²) in [6, 6.07) is 0.102. The SMILES string of the molecule is CC(C)n1c(NCCCN(C)C)nc2sc3c(c2c1=O)CCCC3. The number of anilines is 1. The third-order valence-electron chi connectivity index (χ3n) is 4.60. The summed E-state index contributed by atoms with van der Waals surface area (Å²) in [7, 11) is 4.15. The molecule has 0 radical (unpaired) electrons. The number of hydrogen-bond donors (Lipinski definition) is 1. The first-order valence-electron chi connectivity index (χ1n) is 8.94. The van der Waals surface area contributed by atoms with Crippen molar-refractivity contribution in [2.75, 3.05) is 32.5 Å². The van der Waals surface area contributed by atoms with E-state index >= 15 is 0 Å². The van der Waals surface area contributed by atoms with Crippen LogP contribution in [-0.2, 0) is 12.8 Å². The molecule has 6 heteroatoms. The molecule has 0 aromatic carbocycles. The summed E-state index contributed by atoms with van der Waals surface area (Å²) in [4.78, 5) is 22.4. The Hall–Kier alpha value is -1.40. The van der Waals surface area contributed by atoms with Crippen LogP contribution in [0.5, 0.6) is 0 Å². The minimum atomic E-state index is 0.102. The third kappa shape index (κ3) is 3.35. The van der Waals surface area contributed by atoms with E-state index in [-0.39, 0.29) is 11.6 Å². The van der Waals surface area contributed by atoms with Crippen molar-refractivity contribution in [2.24, 2.45) is 0 Å². The Bertz CT molecular complexity index is 775. The van der Waals surface area contributed by atoms with Crippen molar-refractivity contribution in [1.82, 2.24) is 14.5 Å². The van der Waals surface area contributed by atoms with Crippen LogP contribution in [0.2, 0.25) is 0 Å². The van der Waals surface area contributed by atoms with E-state index in [4.69, 9.17) is 4.98 Å². The van der Waals surface area contributed by atoms with Crippen LogP contribution in [0.1, 0.15) is 49.6 Å². The quantitative estimate of drug-likeness (QED) is 0.814. The van der Waals surface area contributed by atoms with E-state index in [9.17, 15) is 4.79 Å². The van der Waals surface area contributed by atoms with Gasteiger partial charge in [-0.05, 0) is 72.2 Å². The van der Waals surface area contributed by atoms with E-state index in [0.29, 0.717) is 0 Å². The number of fused-ring (bicyclic) bond motifs is 3. The van der Waals surface area contributed by atoms with Crippen LogP contribution in [0, 0.1) is 0 Å². The van der Waals surface area contributed by atoms with Gasteiger partial charge < -0.3 is 10.2 Å². The first kappa shape index (κ1) is 17.4. The van der Waals surface area contributed by atoms with Gasteiger partial charge in [0.1, 0.15) is 4.83 Å². The van der Waals surface area contributed by atoms with Gasteiger partial charge in [-0.2, -0.15) is 0 Å². The molecule has 0 aliphatic heterocycles. The summed E-state index contributed by atoms with van der Waals surface area (Å²) >= 11 is 1.72. The molecule has 1 N–H and O–H groups in total. The fraction of sp³-hybridized carbons (Fsp3) is 0.667. The van der Waals surface area contributed by atoms with Crippen molar-refractivity contribution in [3.05, 3.63) is 20.8 Å². The number of aromatic nitrogens is 2. The molecule has 1 aliphatic rings. The lowest BCUT2D eigenvalue weighted by Crippen LogP contribution is -2.27. The highest BCUT2D eigenvalue weighted by Crippen LogP contribution is 2.34. The molecule has 0 fully saturated rings. The summed E-state index contributed by atoms with van der Waals surface area (Å²) < 4.78 is 1.83. The molecule has 0 saturated heterocycles. The fourth-order valence-corrected chi connectivity index (χ4v) is 4.67. The Morgan fingerprint density at radius 3 is 2.75 bits per heavy atom. The molecule has 0 saturated carbocycles. The number of nitrogens with zero attached hydrogens (tertiary/aromatic N) is 3. The Balaban J connectivity index is 1.99. The van der Waals surface area contributed by atoms with Gasteiger partial charge in [0.2, 0.25) is 5.95 Å². The molecular formula is C18H28N4OS. The van der Waals surface area contributed by atoms with Crippen LogP contribution >= 0.6 is 11.3 Å². The second-order valence-electron chi connectivity index (χ2n) is 7.18. The number of aryl methyl sites for hydroxylation is 2. The van der Waals surface area contributed by atoms with Crippen molar-refractivity contribution in [1.29, 1.82) is 0 Å². The monoisotopic (exact) mass is 348 g/mol. The number of hydrogen-bond acceptors (Lipinski definition) is 5. The summed E-state index contributed by atoms with van der Waals surface area (Å²) in [5, 5.41) is 4.27. The van der Waals surface area contributed by atoms with Gasteiger partial charge in [0.25, 0.3) is 5.56 Å². The zero-order valence-electron chi connectivity index (χ0n) is 15.2. The van der Waals surface area contributed by atoms with E-state index < -0.39 is 0 Å². The van der Waals surface area contributed by atoms with Crippen molar-refractivity contribution in [3.63, 3.8) is 0 Å². The normalized spacial score (nSPS) is 14.6. The van der Waals surface area contributed by atoms with Crippen molar-refractivity contribution in [2.45, 2.75) is 52.0 Å². The van der Waals surface area contributed by atoms with Gasteiger partial charge in [-0.25, -0.2) is 4.98 Å². The molecule has 1 aliphatic carbocycles. The largest absolute Gasteiger partial charge is 0.355 e. The zero-order chi connectivity index (χ0) is 17.3. The molecule has 2 aromatic heterocycles. The van der Waals surface area contributed by atoms with E-state index in [0.717, 1.165) is 48.5 Å².